The van der Waals surface area contributed by atoms with Crippen LogP contribution in [0.2, 0.25) is 0 Å². The second kappa shape index (κ2) is 13.4. The average Bonchev–Trinajstić information content (AvgIpc) is 3.69. The van der Waals surface area contributed by atoms with Gasteiger partial charge in [0.1, 0.15) is 16.8 Å². The summed E-state index contributed by atoms with van der Waals surface area (Å²) < 4.78 is 6.62. The molecule has 0 radical (unpaired) electrons. The molecule has 0 atom stereocenters. The van der Waals surface area contributed by atoms with E-state index in [9.17, 15) is 0 Å². The van der Waals surface area contributed by atoms with Crippen LogP contribution in [-0.4, -0.2) is 34.9 Å². The lowest BCUT2D eigenvalue weighted by Gasteiger charge is -2.09. The fraction of sp³-hybridized carbons (Fsp3) is 0. The van der Waals surface area contributed by atoms with Gasteiger partial charge < -0.3 is 4.42 Å². The zero-order valence-corrected chi connectivity index (χ0v) is 30.3. The fourth-order valence-electron chi connectivity index (χ4n) is 7.47. The molecule has 11 aromatic rings. The summed E-state index contributed by atoms with van der Waals surface area (Å²) in [5, 5.41) is 2.95. The Morgan fingerprint density at radius 2 is 0.930 bits per heavy atom. The fourth-order valence-corrected chi connectivity index (χ4v) is 7.47. The lowest BCUT2D eigenvalue weighted by molar-refractivity contribution is 0.670. The van der Waals surface area contributed by atoms with Crippen molar-refractivity contribution in [1.29, 1.82) is 0 Å². The minimum Gasteiger partial charge on any atom is -0.453 e. The lowest BCUT2D eigenvalue weighted by atomic mass is 10.0. The minimum absolute atomic E-state index is 0.507. The first kappa shape index (κ1) is 32.5. The van der Waals surface area contributed by atoms with Crippen LogP contribution < -0.4 is 0 Å². The third kappa shape index (κ3) is 5.75. The summed E-state index contributed by atoms with van der Waals surface area (Å²) >= 11 is 0. The molecule has 5 aromatic carbocycles. The number of pyridine rings is 4. The zero-order valence-electron chi connectivity index (χ0n) is 30.3. The Hall–Kier alpha value is -7.97. The summed E-state index contributed by atoms with van der Waals surface area (Å²) in [4.78, 5) is 33.9. The van der Waals surface area contributed by atoms with Crippen molar-refractivity contribution < 1.29 is 4.42 Å². The van der Waals surface area contributed by atoms with Crippen LogP contribution in [0.25, 0.3) is 112 Å². The highest BCUT2D eigenvalue weighted by molar-refractivity contribution is 6.12. The Kier molecular flexibility index (Phi) is 7.63. The Morgan fingerprint density at radius 1 is 0.351 bits per heavy atom. The van der Waals surface area contributed by atoms with Gasteiger partial charge in [0, 0.05) is 79.9 Å². The van der Waals surface area contributed by atoms with E-state index in [1.165, 1.54) is 0 Å². The average molecular weight is 732 g/mol. The predicted molar refractivity (Wildman–Crippen MR) is 226 cm³/mol. The van der Waals surface area contributed by atoms with Crippen molar-refractivity contribution in [3.8, 4) is 67.7 Å². The van der Waals surface area contributed by atoms with Crippen LogP contribution in [0.15, 0.2) is 181 Å². The highest BCUT2D eigenvalue weighted by atomic mass is 16.3. The van der Waals surface area contributed by atoms with E-state index >= 15 is 0 Å². The maximum Gasteiger partial charge on any atom is 0.182 e. The van der Waals surface area contributed by atoms with Crippen molar-refractivity contribution >= 4 is 43.9 Å². The third-order valence-electron chi connectivity index (χ3n) is 10.3. The maximum absolute atomic E-state index is 6.62. The van der Waals surface area contributed by atoms with Gasteiger partial charge in [0.2, 0.25) is 0 Å². The van der Waals surface area contributed by atoms with E-state index < -0.39 is 0 Å². The topological polar surface area (TPSA) is 103 Å². The SMILES string of the molecule is c1ccc(-c2nc(-c3ccccc3)nc(-c3ccc(-c4cnc5c(ccc6cc(-c7cccc8c7oc7c(-c9ccccc9)ccnc78)cnc65)c4)cn3)n2)cc1. The number of furan rings is 1. The third-order valence-corrected chi connectivity index (χ3v) is 10.3. The van der Waals surface area contributed by atoms with E-state index in [1.807, 2.05) is 128 Å². The van der Waals surface area contributed by atoms with Gasteiger partial charge in [-0.3, -0.25) is 19.9 Å². The summed E-state index contributed by atoms with van der Waals surface area (Å²) in [7, 11) is 0. The molecule has 6 heterocycles. The lowest BCUT2D eigenvalue weighted by Crippen LogP contribution is -2.01. The van der Waals surface area contributed by atoms with Crippen molar-refractivity contribution in [2.24, 2.45) is 0 Å². The first-order chi connectivity index (χ1) is 28.2. The van der Waals surface area contributed by atoms with Gasteiger partial charge in [-0.25, -0.2) is 15.0 Å². The van der Waals surface area contributed by atoms with Crippen LogP contribution in [0.1, 0.15) is 0 Å². The van der Waals surface area contributed by atoms with Crippen LogP contribution in [0.5, 0.6) is 0 Å². The zero-order chi connectivity index (χ0) is 37.7. The highest BCUT2D eigenvalue weighted by Gasteiger charge is 2.18. The molecule has 0 bridgehead atoms. The summed E-state index contributed by atoms with van der Waals surface area (Å²) in [6.45, 7) is 0. The van der Waals surface area contributed by atoms with Crippen molar-refractivity contribution in [1.82, 2.24) is 34.9 Å². The molecular weight excluding hydrogens is 703 g/mol. The molecule has 8 nitrogen and oxygen atoms in total. The number of rotatable bonds is 6. The van der Waals surface area contributed by atoms with Gasteiger partial charge in [-0.2, -0.15) is 0 Å². The molecule has 11 rings (SSSR count). The van der Waals surface area contributed by atoms with Crippen LogP contribution >= 0.6 is 0 Å². The van der Waals surface area contributed by atoms with E-state index in [4.69, 9.17) is 39.3 Å². The van der Waals surface area contributed by atoms with Gasteiger partial charge in [-0.15, -0.1) is 0 Å². The molecule has 0 aliphatic carbocycles. The Bertz CT molecular complexity index is 3220. The Balaban J connectivity index is 0.926. The van der Waals surface area contributed by atoms with E-state index in [-0.39, 0.29) is 0 Å². The van der Waals surface area contributed by atoms with Crippen LogP contribution in [0.4, 0.5) is 0 Å². The smallest absolute Gasteiger partial charge is 0.182 e. The second-order valence-electron chi connectivity index (χ2n) is 13.8. The molecule has 6 aromatic heterocycles. The van der Waals surface area contributed by atoms with E-state index in [0.717, 1.165) is 88.4 Å². The van der Waals surface area contributed by atoms with Gasteiger partial charge in [-0.1, -0.05) is 121 Å². The van der Waals surface area contributed by atoms with E-state index in [2.05, 4.69) is 48.5 Å². The molecule has 8 heteroatoms. The van der Waals surface area contributed by atoms with Gasteiger partial charge >= 0.3 is 0 Å². The molecule has 0 saturated heterocycles. The van der Waals surface area contributed by atoms with E-state index in [0.29, 0.717) is 23.2 Å². The molecule has 57 heavy (non-hydrogen) atoms. The first-order valence-corrected chi connectivity index (χ1v) is 18.6. The van der Waals surface area contributed by atoms with Crippen molar-refractivity contribution in [3.63, 3.8) is 0 Å². The monoisotopic (exact) mass is 731 g/mol. The molecule has 0 amide bonds. The van der Waals surface area contributed by atoms with Crippen molar-refractivity contribution in [2.75, 3.05) is 0 Å². The van der Waals surface area contributed by atoms with Gasteiger partial charge in [0.25, 0.3) is 0 Å². The van der Waals surface area contributed by atoms with Crippen LogP contribution in [0, 0.1) is 0 Å². The van der Waals surface area contributed by atoms with Crippen LogP contribution in [-0.2, 0) is 0 Å². The number of hydrogen-bond donors (Lipinski definition) is 0. The molecule has 0 fully saturated rings. The Labute approximate surface area is 326 Å². The number of para-hydroxylation sites is 1. The number of aromatic nitrogens is 7. The predicted octanol–water partition coefficient (Wildman–Crippen LogP) is 11.7. The van der Waals surface area contributed by atoms with Crippen molar-refractivity contribution in [2.45, 2.75) is 0 Å². The Morgan fingerprint density at radius 3 is 1.58 bits per heavy atom. The molecule has 0 saturated carbocycles. The minimum atomic E-state index is 0.507. The summed E-state index contributed by atoms with van der Waals surface area (Å²) in [6, 6.07) is 50.8. The molecule has 0 unspecified atom stereocenters. The number of nitrogens with zero attached hydrogens (tertiary/aromatic N) is 7. The molecule has 0 spiro atoms. The summed E-state index contributed by atoms with van der Waals surface area (Å²) in [5.74, 6) is 1.70. The molecule has 0 aliphatic rings. The molecular formula is C49H29N7O. The molecule has 0 N–H and O–H groups in total. The maximum atomic E-state index is 6.62. The quantitative estimate of drug-likeness (QED) is 0.156. The highest BCUT2D eigenvalue weighted by Crippen LogP contribution is 2.39. The second-order valence-corrected chi connectivity index (χ2v) is 13.8. The summed E-state index contributed by atoms with van der Waals surface area (Å²) in [6.07, 6.45) is 7.47. The number of benzene rings is 5. The van der Waals surface area contributed by atoms with Crippen LogP contribution in [0.3, 0.4) is 0 Å². The first-order valence-electron chi connectivity index (χ1n) is 18.6. The number of fused-ring (bicyclic) bond motifs is 6. The number of hydrogen-bond acceptors (Lipinski definition) is 8. The largest absolute Gasteiger partial charge is 0.453 e. The standard InChI is InChI=1S/C49H29N7O/c1-4-11-30(12-5-1)39-23-24-50-44-40-18-10-17-38(45(40)57-46(39)44)37-26-34-20-19-33-25-36(28-52-42(33)43(34)53-29-37)35-21-22-41(51-27-35)49-55-47(31-13-6-2-7-14-31)54-48(56-49)32-15-8-3-9-16-32/h1-29H. The van der Waals surface area contributed by atoms with Gasteiger partial charge in [0.05, 0.1) is 11.0 Å². The normalized spacial score (nSPS) is 11.5. The van der Waals surface area contributed by atoms with Gasteiger partial charge in [-0.05, 0) is 35.9 Å². The summed E-state index contributed by atoms with van der Waals surface area (Å²) in [5.41, 5.74) is 12.4. The van der Waals surface area contributed by atoms with E-state index in [1.54, 1.807) is 0 Å². The molecule has 0 aliphatic heterocycles. The molecule has 266 valence electrons. The van der Waals surface area contributed by atoms with Gasteiger partial charge in [0.15, 0.2) is 23.1 Å². The van der Waals surface area contributed by atoms with Crippen molar-refractivity contribution in [3.05, 3.63) is 176 Å².